The number of hydrogen-bond acceptors (Lipinski definition) is 7. The summed E-state index contributed by atoms with van der Waals surface area (Å²) in [5.74, 6) is 1.25. The first-order chi connectivity index (χ1) is 16.6. The number of aromatic nitrogens is 3. The van der Waals surface area contributed by atoms with Crippen LogP contribution in [0.2, 0.25) is 5.15 Å². The lowest BCUT2D eigenvalue weighted by Gasteiger charge is -2.36. The molecule has 0 N–H and O–H groups in total. The van der Waals surface area contributed by atoms with Crippen LogP contribution in [-0.4, -0.2) is 58.5 Å². The molecule has 1 aliphatic heterocycles. The number of amides is 1. The molecule has 0 unspecified atom stereocenters. The summed E-state index contributed by atoms with van der Waals surface area (Å²) in [4.78, 5) is 20.3. The van der Waals surface area contributed by atoms with Gasteiger partial charge in [0.25, 0.3) is 0 Å². The fourth-order valence-electron chi connectivity index (χ4n) is 4.09. The summed E-state index contributed by atoms with van der Waals surface area (Å²) in [6, 6.07) is 9.51. The van der Waals surface area contributed by atoms with Gasteiger partial charge in [0.1, 0.15) is 10.8 Å². The fourth-order valence-corrected chi connectivity index (χ4v) is 4.61. The topological polar surface area (TPSA) is 84.6 Å². The maximum atomic E-state index is 12.3. The zero-order valence-corrected chi connectivity index (χ0v) is 22.6. The molecule has 0 radical (unpaired) electrons. The summed E-state index contributed by atoms with van der Waals surface area (Å²) in [7, 11) is 1.80. The molecule has 8 nitrogen and oxygen atoms in total. The van der Waals surface area contributed by atoms with Gasteiger partial charge < -0.3 is 19.0 Å². The number of carbonyl (C=O) groups excluding carboxylic acids is 1. The van der Waals surface area contributed by atoms with Crippen LogP contribution in [0.3, 0.4) is 0 Å². The Balaban J connectivity index is 1.46. The lowest BCUT2D eigenvalue weighted by molar-refractivity contribution is 0.0266. The first kappa shape index (κ1) is 25.4. The van der Waals surface area contributed by atoms with Crippen molar-refractivity contribution in [3.05, 3.63) is 46.2 Å². The summed E-state index contributed by atoms with van der Waals surface area (Å²) in [5.41, 5.74) is 2.12. The molecule has 0 atom stereocenters. The molecule has 1 aromatic carbocycles. The molecule has 186 valence electrons. The molecule has 35 heavy (non-hydrogen) atoms. The van der Waals surface area contributed by atoms with E-state index in [9.17, 15) is 4.79 Å². The van der Waals surface area contributed by atoms with Crippen molar-refractivity contribution in [3.8, 4) is 22.9 Å². The SMILES string of the molecule is CN(CC1CCN(c2cc(Br)ccc2-c2nnc(-c3ccnc(Cl)c3)o2)CC1)C(=O)OC(C)(C)C. The Hall–Kier alpha value is -2.65. The zero-order valence-electron chi connectivity index (χ0n) is 20.3. The second kappa shape index (κ2) is 10.5. The van der Waals surface area contributed by atoms with Gasteiger partial charge >= 0.3 is 6.09 Å². The van der Waals surface area contributed by atoms with E-state index < -0.39 is 5.60 Å². The summed E-state index contributed by atoms with van der Waals surface area (Å²) < 4.78 is 12.5. The van der Waals surface area contributed by atoms with Crippen molar-refractivity contribution in [2.45, 2.75) is 39.2 Å². The van der Waals surface area contributed by atoms with Gasteiger partial charge in [-0.3, -0.25) is 0 Å². The number of nitrogens with zero attached hydrogens (tertiary/aromatic N) is 5. The molecular weight excluding hydrogens is 534 g/mol. The molecule has 1 aliphatic rings. The number of pyridine rings is 1. The number of hydrogen-bond donors (Lipinski definition) is 0. The van der Waals surface area contributed by atoms with E-state index in [-0.39, 0.29) is 6.09 Å². The largest absolute Gasteiger partial charge is 0.444 e. The number of carbonyl (C=O) groups is 1. The molecule has 0 saturated carbocycles. The first-order valence-corrected chi connectivity index (χ1v) is 12.7. The van der Waals surface area contributed by atoms with Gasteiger partial charge in [-0.15, -0.1) is 10.2 Å². The normalized spacial score (nSPS) is 14.7. The monoisotopic (exact) mass is 561 g/mol. The standard InChI is InChI=1S/C25H29BrClN5O3/c1-25(2,3)35-24(33)31(4)15-16-8-11-32(12-9-16)20-14-18(26)5-6-19(20)23-30-29-22(34-23)17-7-10-28-21(27)13-17/h5-7,10,13-14,16H,8-9,11-12,15H2,1-4H3. The summed E-state index contributed by atoms with van der Waals surface area (Å²) >= 11 is 9.61. The second-order valence-electron chi connectivity index (χ2n) is 9.73. The minimum atomic E-state index is -0.496. The zero-order chi connectivity index (χ0) is 25.2. The van der Waals surface area contributed by atoms with Gasteiger partial charge in [0.05, 0.1) is 11.3 Å². The minimum absolute atomic E-state index is 0.281. The Morgan fingerprint density at radius 3 is 2.60 bits per heavy atom. The molecule has 3 aromatic rings. The van der Waals surface area contributed by atoms with Crippen LogP contribution in [0, 0.1) is 5.92 Å². The van der Waals surface area contributed by atoms with Gasteiger partial charge in [-0.2, -0.15) is 0 Å². The Morgan fingerprint density at radius 2 is 1.91 bits per heavy atom. The number of rotatable bonds is 5. The van der Waals surface area contributed by atoms with Crippen molar-refractivity contribution < 1.29 is 13.9 Å². The second-order valence-corrected chi connectivity index (χ2v) is 11.0. The number of piperidine rings is 1. The van der Waals surface area contributed by atoms with Crippen molar-refractivity contribution in [2.24, 2.45) is 5.92 Å². The third kappa shape index (κ3) is 6.52. The van der Waals surface area contributed by atoms with E-state index in [0.29, 0.717) is 29.4 Å². The van der Waals surface area contributed by atoms with Gasteiger partial charge in [-0.05, 0) is 69.9 Å². The minimum Gasteiger partial charge on any atom is -0.444 e. The summed E-state index contributed by atoms with van der Waals surface area (Å²) in [6.07, 6.45) is 3.25. The number of anilines is 1. The fraction of sp³-hybridized carbons (Fsp3) is 0.440. The molecule has 3 heterocycles. The molecule has 0 spiro atoms. The van der Waals surface area contributed by atoms with Crippen LogP contribution < -0.4 is 4.90 Å². The molecule has 0 aliphatic carbocycles. The van der Waals surface area contributed by atoms with Gasteiger partial charge in [-0.1, -0.05) is 27.5 Å². The highest BCUT2D eigenvalue weighted by Crippen LogP contribution is 2.36. The molecule has 1 amide bonds. The smallest absolute Gasteiger partial charge is 0.410 e. The summed E-state index contributed by atoms with van der Waals surface area (Å²) in [5, 5.41) is 8.88. The molecular formula is C25H29BrClN5O3. The van der Waals surface area contributed by atoms with Gasteiger partial charge in [0, 0.05) is 42.9 Å². The molecule has 1 saturated heterocycles. The number of benzene rings is 1. The highest BCUT2D eigenvalue weighted by Gasteiger charge is 2.27. The highest BCUT2D eigenvalue weighted by atomic mass is 79.9. The first-order valence-electron chi connectivity index (χ1n) is 11.5. The molecule has 2 aromatic heterocycles. The van der Waals surface area contributed by atoms with Crippen molar-refractivity contribution in [3.63, 3.8) is 0 Å². The predicted octanol–water partition coefficient (Wildman–Crippen LogP) is 6.30. The predicted molar refractivity (Wildman–Crippen MR) is 139 cm³/mol. The molecule has 1 fully saturated rings. The Labute approximate surface area is 218 Å². The Kier molecular flexibility index (Phi) is 7.66. The molecule has 10 heteroatoms. The van der Waals surface area contributed by atoms with Gasteiger partial charge in [0.2, 0.25) is 11.8 Å². The van der Waals surface area contributed by atoms with Crippen molar-refractivity contribution >= 4 is 39.3 Å². The maximum Gasteiger partial charge on any atom is 0.410 e. The van der Waals surface area contributed by atoms with E-state index in [1.165, 1.54) is 0 Å². The Bertz CT molecular complexity index is 1190. The lowest BCUT2D eigenvalue weighted by atomic mass is 9.95. The average molecular weight is 563 g/mol. The average Bonchev–Trinajstić information content (AvgIpc) is 3.28. The van der Waals surface area contributed by atoms with Crippen molar-refractivity contribution in [2.75, 3.05) is 31.6 Å². The third-order valence-corrected chi connectivity index (χ3v) is 6.48. The maximum absolute atomic E-state index is 12.3. The van der Waals surface area contributed by atoms with Crippen LogP contribution in [0.25, 0.3) is 22.9 Å². The van der Waals surface area contributed by atoms with E-state index in [0.717, 1.165) is 47.2 Å². The van der Waals surface area contributed by atoms with E-state index in [2.05, 4.69) is 42.1 Å². The quantitative estimate of drug-likeness (QED) is 0.338. The van der Waals surface area contributed by atoms with Crippen LogP contribution in [0.4, 0.5) is 10.5 Å². The third-order valence-electron chi connectivity index (χ3n) is 5.78. The van der Waals surface area contributed by atoms with Crippen LogP contribution in [0.15, 0.2) is 45.4 Å². The number of halogens is 2. The van der Waals surface area contributed by atoms with Gasteiger partial charge in [-0.25, -0.2) is 9.78 Å². The molecule has 0 bridgehead atoms. The van der Waals surface area contributed by atoms with Crippen LogP contribution in [-0.2, 0) is 4.74 Å². The van der Waals surface area contributed by atoms with Crippen molar-refractivity contribution in [1.82, 2.24) is 20.1 Å². The summed E-state index contributed by atoms with van der Waals surface area (Å²) in [6.45, 7) is 8.03. The van der Waals surface area contributed by atoms with Crippen molar-refractivity contribution in [1.29, 1.82) is 0 Å². The van der Waals surface area contributed by atoms with Gasteiger partial charge in [0.15, 0.2) is 0 Å². The van der Waals surface area contributed by atoms with Crippen LogP contribution in [0.1, 0.15) is 33.6 Å². The van der Waals surface area contributed by atoms with Crippen LogP contribution >= 0.6 is 27.5 Å². The van der Waals surface area contributed by atoms with E-state index in [4.69, 9.17) is 20.8 Å². The van der Waals surface area contributed by atoms with Crippen LogP contribution in [0.5, 0.6) is 0 Å². The van der Waals surface area contributed by atoms with E-state index >= 15 is 0 Å². The Morgan fingerprint density at radius 1 is 1.20 bits per heavy atom. The molecule has 4 rings (SSSR count). The van der Waals surface area contributed by atoms with E-state index in [1.54, 1.807) is 30.3 Å². The number of ether oxygens (including phenoxy) is 1. The highest BCUT2D eigenvalue weighted by molar-refractivity contribution is 9.10. The lowest BCUT2D eigenvalue weighted by Crippen LogP contribution is -2.41. The van der Waals surface area contributed by atoms with E-state index in [1.807, 2.05) is 32.9 Å².